The number of aliphatic hydroxyl groups is 1. The van der Waals surface area contributed by atoms with Crippen molar-refractivity contribution in [1.82, 2.24) is 4.90 Å². The Balaban J connectivity index is 1.93. The Hall–Kier alpha value is -0.570. The van der Waals surface area contributed by atoms with E-state index in [1.54, 1.807) is 0 Å². The van der Waals surface area contributed by atoms with Crippen molar-refractivity contribution in [3.05, 3.63) is 0 Å². The molecule has 2 fully saturated rings. The van der Waals surface area contributed by atoms with Crippen LogP contribution in [0.25, 0.3) is 0 Å². The number of hydrogen-bond donors (Lipinski definition) is 1. The Morgan fingerprint density at radius 2 is 2.29 bits per heavy atom. The summed E-state index contributed by atoms with van der Waals surface area (Å²) in [4.78, 5) is 13.6. The van der Waals surface area contributed by atoms with Crippen LogP contribution in [-0.2, 0) is 4.79 Å². The van der Waals surface area contributed by atoms with Crippen molar-refractivity contribution in [3.8, 4) is 0 Å². The smallest absolute Gasteiger partial charge is 0.223 e. The first-order valence-electron chi connectivity index (χ1n) is 5.62. The van der Waals surface area contributed by atoms with Gasteiger partial charge in [0.15, 0.2) is 0 Å². The van der Waals surface area contributed by atoms with E-state index >= 15 is 0 Å². The molecule has 1 saturated heterocycles. The summed E-state index contributed by atoms with van der Waals surface area (Å²) in [6, 6.07) is 0.396. The Morgan fingerprint density at radius 1 is 1.57 bits per heavy atom. The van der Waals surface area contributed by atoms with Gasteiger partial charge in [0.25, 0.3) is 0 Å². The zero-order valence-corrected chi connectivity index (χ0v) is 8.78. The van der Waals surface area contributed by atoms with Crippen LogP contribution >= 0.6 is 0 Å². The number of aliphatic hydroxyl groups excluding tert-OH is 1. The summed E-state index contributed by atoms with van der Waals surface area (Å²) in [6.07, 6.45) is 4.41. The van der Waals surface area contributed by atoms with E-state index in [0.29, 0.717) is 12.5 Å². The Kier molecular flexibility index (Phi) is 2.77. The van der Waals surface area contributed by atoms with Crippen molar-refractivity contribution >= 4 is 5.91 Å². The second-order valence-corrected chi connectivity index (χ2v) is 4.73. The van der Waals surface area contributed by atoms with E-state index in [4.69, 9.17) is 5.11 Å². The molecule has 0 aromatic heterocycles. The monoisotopic (exact) mass is 197 g/mol. The second-order valence-electron chi connectivity index (χ2n) is 4.73. The van der Waals surface area contributed by atoms with Gasteiger partial charge < -0.3 is 10.0 Å². The molecule has 1 aliphatic carbocycles. The first-order chi connectivity index (χ1) is 6.72. The summed E-state index contributed by atoms with van der Waals surface area (Å²) in [5.74, 6) is 1.14. The summed E-state index contributed by atoms with van der Waals surface area (Å²) in [6.45, 7) is 3.08. The van der Waals surface area contributed by atoms with Crippen molar-refractivity contribution in [2.24, 2.45) is 11.8 Å². The Labute approximate surface area is 85.1 Å². The fraction of sp³-hybridized carbons (Fsp3) is 0.909. The average Bonchev–Trinajstić information content (AvgIpc) is 2.43. The number of carbonyl (C=O) groups excluding carboxylic acids is 1. The van der Waals surface area contributed by atoms with Crippen molar-refractivity contribution in [2.75, 3.05) is 13.2 Å². The molecule has 0 spiro atoms. The van der Waals surface area contributed by atoms with Crippen LogP contribution in [0.5, 0.6) is 0 Å². The zero-order valence-electron chi connectivity index (χ0n) is 8.78. The van der Waals surface area contributed by atoms with E-state index in [-0.39, 0.29) is 18.4 Å². The van der Waals surface area contributed by atoms with Crippen molar-refractivity contribution < 1.29 is 9.90 Å². The van der Waals surface area contributed by atoms with Gasteiger partial charge in [0.1, 0.15) is 0 Å². The minimum atomic E-state index is 0.152. The third kappa shape index (κ3) is 1.65. The third-order valence-electron chi connectivity index (χ3n) is 3.82. The predicted octanol–water partition coefficient (Wildman–Crippen LogP) is 1.02. The summed E-state index contributed by atoms with van der Waals surface area (Å²) in [5.41, 5.74) is 0. The van der Waals surface area contributed by atoms with E-state index in [1.165, 1.54) is 19.3 Å². The molecule has 2 aliphatic rings. The van der Waals surface area contributed by atoms with Gasteiger partial charge in [-0.1, -0.05) is 6.42 Å². The normalized spacial score (nSPS) is 30.6. The fourth-order valence-corrected chi connectivity index (χ4v) is 2.50. The SMILES string of the molecule is CC(C1CCC1)N1CC(CO)CC1=O. The Bertz CT molecular complexity index is 225. The quantitative estimate of drug-likeness (QED) is 0.733. The largest absolute Gasteiger partial charge is 0.396 e. The van der Waals surface area contributed by atoms with E-state index in [1.807, 2.05) is 4.90 Å². The minimum absolute atomic E-state index is 0.152. The molecule has 2 unspecified atom stereocenters. The van der Waals surface area contributed by atoms with Crippen LogP contribution in [0.1, 0.15) is 32.6 Å². The van der Waals surface area contributed by atoms with Gasteiger partial charge in [0.2, 0.25) is 5.91 Å². The molecular formula is C11H19NO2. The lowest BCUT2D eigenvalue weighted by molar-refractivity contribution is -0.130. The van der Waals surface area contributed by atoms with Crippen molar-refractivity contribution in [3.63, 3.8) is 0 Å². The average molecular weight is 197 g/mol. The highest BCUT2D eigenvalue weighted by atomic mass is 16.3. The lowest BCUT2D eigenvalue weighted by Gasteiger charge is -2.37. The molecule has 1 amide bonds. The third-order valence-corrected chi connectivity index (χ3v) is 3.82. The van der Waals surface area contributed by atoms with Crippen LogP contribution in [0.2, 0.25) is 0 Å². The first kappa shape index (κ1) is 9.97. The molecule has 2 atom stereocenters. The number of hydrogen-bond acceptors (Lipinski definition) is 2. The maximum atomic E-state index is 11.6. The molecular weight excluding hydrogens is 178 g/mol. The summed E-state index contributed by atoms with van der Waals surface area (Å²) >= 11 is 0. The van der Waals surface area contributed by atoms with Crippen LogP contribution in [0.4, 0.5) is 0 Å². The van der Waals surface area contributed by atoms with Crippen molar-refractivity contribution in [2.45, 2.75) is 38.6 Å². The molecule has 1 N–H and O–H groups in total. The standard InChI is InChI=1S/C11H19NO2/c1-8(10-3-2-4-10)12-6-9(7-13)5-11(12)14/h8-10,13H,2-7H2,1H3. The zero-order chi connectivity index (χ0) is 10.1. The minimum Gasteiger partial charge on any atom is -0.396 e. The lowest BCUT2D eigenvalue weighted by Crippen LogP contribution is -2.42. The molecule has 1 saturated carbocycles. The second kappa shape index (κ2) is 3.89. The van der Waals surface area contributed by atoms with E-state index in [0.717, 1.165) is 12.5 Å². The number of likely N-dealkylation sites (tertiary alicyclic amines) is 1. The lowest BCUT2D eigenvalue weighted by atomic mass is 9.80. The summed E-state index contributed by atoms with van der Waals surface area (Å²) in [5, 5.41) is 9.01. The number of amides is 1. The molecule has 0 radical (unpaired) electrons. The number of carbonyl (C=O) groups is 1. The van der Waals surface area contributed by atoms with Crippen LogP contribution in [0.15, 0.2) is 0 Å². The molecule has 1 heterocycles. The predicted molar refractivity (Wildman–Crippen MR) is 53.7 cm³/mol. The van der Waals surface area contributed by atoms with Gasteiger partial charge in [-0.3, -0.25) is 4.79 Å². The van der Waals surface area contributed by atoms with E-state index in [9.17, 15) is 4.79 Å². The first-order valence-corrected chi connectivity index (χ1v) is 5.62. The molecule has 3 nitrogen and oxygen atoms in total. The van der Waals surface area contributed by atoms with Crippen LogP contribution in [0, 0.1) is 11.8 Å². The van der Waals surface area contributed by atoms with Gasteiger partial charge in [-0.25, -0.2) is 0 Å². The van der Waals surface area contributed by atoms with Crippen LogP contribution in [-0.4, -0.2) is 35.1 Å². The van der Waals surface area contributed by atoms with Gasteiger partial charge in [-0.05, 0) is 25.7 Å². The van der Waals surface area contributed by atoms with Gasteiger partial charge in [-0.2, -0.15) is 0 Å². The van der Waals surface area contributed by atoms with Gasteiger partial charge in [0.05, 0.1) is 0 Å². The number of rotatable bonds is 3. The van der Waals surface area contributed by atoms with Gasteiger partial charge >= 0.3 is 0 Å². The highest BCUT2D eigenvalue weighted by Crippen LogP contribution is 2.34. The van der Waals surface area contributed by atoms with Crippen LogP contribution < -0.4 is 0 Å². The molecule has 0 aromatic rings. The molecule has 80 valence electrons. The number of nitrogens with zero attached hydrogens (tertiary/aromatic N) is 1. The van der Waals surface area contributed by atoms with E-state index < -0.39 is 0 Å². The van der Waals surface area contributed by atoms with Gasteiger partial charge in [-0.15, -0.1) is 0 Å². The highest BCUT2D eigenvalue weighted by Gasteiger charge is 2.36. The molecule has 14 heavy (non-hydrogen) atoms. The highest BCUT2D eigenvalue weighted by molar-refractivity contribution is 5.79. The van der Waals surface area contributed by atoms with Crippen molar-refractivity contribution in [1.29, 1.82) is 0 Å². The molecule has 2 rings (SSSR count). The maximum Gasteiger partial charge on any atom is 0.223 e. The fourth-order valence-electron chi connectivity index (χ4n) is 2.50. The maximum absolute atomic E-state index is 11.6. The summed E-state index contributed by atoms with van der Waals surface area (Å²) < 4.78 is 0. The molecule has 0 bridgehead atoms. The topological polar surface area (TPSA) is 40.5 Å². The van der Waals surface area contributed by atoms with Crippen LogP contribution in [0.3, 0.4) is 0 Å². The van der Waals surface area contributed by atoms with E-state index in [2.05, 4.69) is 6.92 Å². The van der Waals surface area contributed by atoms with Gasteiger partial charge in [0, 0.05) is 31.5 Å². The molecule has 0 aromatic carbocycles. The molecule has 3 heteroatoms. The Morgan fingerprint density at radius 3 is 2.71 bits per heavy atom. The summed E-state index contributed by atoms with van der Waals surface area (Å²) in [7, 11) is 0. The molecule has 1 aliphatic heterocycles.